The van der Waals surface area contributed by atoms with Gasteiger partial charge in [-0.2, -0.15) is 0 Å². The van der Waals surface area contributed by atoms with E-state index in [1.54, 1.807) is 19.2 Å². The van der Waals surface area contributed by atoms with Crippen molar-refractivity contribution in [3.63, 3.8) is 0 Å². The van der Waals surface area contributed by atoms with Crippen LogP contribution < -0.4 is 19.8 Å². The molecule has 1 N–H and O–H groups in total. The maximum Gasteiger partial charge on any atom is 0.336 e. The number of ether oxygens (including phenoxy) is 3. The number of fused-ring (bicyclic) bond motifs is 2. The summed E-state index contributed by atoms with van der Waals surface area (Å²) in [5.41, 5.74) is 0.881. The Hall–Kier alpha value is -2.47. The molecule has 4 atom stereocenters. The van der Waals surface area contributed by atoms with E-state index in [0.717, 1.165) is 25.7 Å². The second-order valence-corrected chi connectivity index (χ2v) is 10.1. The van der Waals surface area contributed by atoms with Crippen LogP contribution in [0.3, 0.4) is 0 Å². The second-order valence-electron chi connectivity index (χ2n) is 10.1. The molecule has 6 nitrogen and oxygen atoms in total. The Labute approximate surface area is 189 Å². The van der Waals surface area contributed by atoms with Crippen molar-refractivity contribution in [2.45, 2.75) is 52.6 Å². The van der Waals surface area contributed by atoms with Crippen molar-refractivity contribution in [1.29, 1.82) is 0 Å². The third kappa shape index (κ3) is 3.49. The van der Waals surface area contributed by atoms with E-state index in [2.05, 4.69) is 27.4 Å². The van der Waals surface area contributed by atoms with Crippen LogP contribution in [0.25, 0.3) is 11.0 Å². The number of hydrogen-bond acceptors (Lipinski definition) is 6. The molecule has 1 aromatic carbocycles. The lowest BCUT2D eigenvalue weighted by atomic mass is 9.47. The van der Waals surface area contributed by atoms with Gasteiger partial charge in [0.25, 0.3) is 0 Å². The first-order valence-corrected chi connectivity index (χ1v) is 11.3. The van der Waals surface area contributed by atoms with Crippen LogP contribution in [0.4, 0.5) is 0 Å². The lowest BCUT2D eigenvalue weighted by molar-refractivity contribution is -0.128. The molecule has 2 fully saturated rings. The third-order valence-electron chi connectivity index (χ3n) is 8.16. The van der Waals surface area contributed by atoms with Crippen LogP contribution in [0.15, 0.2) is 39.6 Å². The Kier molecular flexibility index (Phi) is 5.78. The van der Waals surface area contributed by atoms with Gasteiger partial charge in [-0.25, -0.2) is 4.79 Å². The Morgan fingerprint density at radius 1 is 1.16 bits per heavy atom. The normalized spacial score (nSPS) is 29.4. The summed E-state index contributed by atoms with van der Waals surface area (Å²) in [6.07, 6.45) is 3.36. The van der Waals surface area contributed by atoms with Crippen molar-refractivity contribution >= 4 is 11.0 Å². The molecule has 2 aliphatic rings. The molecule has 4 rings (SSSR count). The molecule has 2 aromatic rings. The van der Waals surface area contributed by atoms with Gasteiger partial charge < -0.3 is 23.7 Å². The number of hydrogen-bond donors (Lipinski definition) is 1. The number of methoxy groups -OCH3 is 2. The Bertz CT molecular complexity index is 1080. The van der Waals surface area contributed by atoms with Crippen molar-refractivity contribution in [2.75, 3.05) is 20.8 Å². The summed E-state index contributed by atoms with van der Waals surface area (Å²) >= 11 is 0. The highest BCUT2D eigenvalue weighted by molar-refractivity contribution is 5.88. The largest absolute Gasteiger partial charge is 0.493 e. The molecule has 0 unspecified atom stereocenters. The predicted octanol–water partition coefficient (Wildman–Crippen LogP) is 4.96. The SMILES string of the molecule is C=C1CC[C@H]2C(C)(C)[C@@H](O)CC[C@]2(C)[C@@H]1COc1c(OC)cc2ccc(=O)oc2c1OC. The predicted molar refractivity (Wildman–Crippen MR) is 124 cm³/mol. The van der Waals surface area contributed by atoms with E-state index < -0.39 is 5.63 Å². The lowest BCUT2D eigenvalue weighted by Crippen LogP contribution is -2.55. The van der Waals surface area contributed by atoms with Crippen molar-refractivity contribution in [3.8, 4) is 17.2 Å². The Morgan fingerprint density at radius 2 is 1.91 bits per heavy atom. The first-order chi connectivity index (χ1) is 15.1. The highest BCUT2D eigenvalue weighted by atomic mass is 16.5. The van der Waals surface area contributed by atoms with E-state index >= 15 is 0 Å². The van der Waals surface area contributed by atoms with Crippen molar-refractivity contribution in [1.82, 2.24) is 0 Å². The molecule has 0 bridgehead atoms. The zero-order chi connectivity index (χ0) is 23.3. The van der Waals surface area contributed by atoms with E-state index in [0.29, 0.717) is 40.7 Å². The summed E-state index contributed by atoms with van der Waals surface area (Å²) in [7, 11) is 3.10. The fraction of sp³-hybridized carbons (Fsp3) is 0.577. The zero-order valence-corrected chi connectivity index (χ0v) is 19.7. The molecule has 1 aromatic heterocycles. The van der Waals surface area contributed by atoms with Gasteiger partial charge in [0.2, 0.25) is 11.5 Å². The monoisotopic (exact) mass is 442 g/mol. The van der Waals surface area contributed by atoms with Crippen molar-refractivity contribution in [3.05, 3.63) is 40.8 Å². The molecule has 6 heteroatoms. The lowest BCUT2D eigenvalue weighted by Gasteiger charge is -2.59. The first kappa shape index (κ1) is 22.7. The zero-order valence-electron chi connectivity index (χ0n) is 19.7. The van der Waals surface area contributed by atoms with E-state index in [1.165, 1.54) is 18.7 Å². The first-order valence-electron chi connectivity index (χ1n) is 11.3. The summed E-state index contributed by atoms with van der Waals surface area (Å²) in [6.45, 7) is 11.5. The van der Waals surface area contributed by atoms with E-state index in [9.17, 15) is 9.90 Å². The Morgan fingerprint density at radius 3 is 2.59 bits per heavy atom. The third-order valence-corrected chi connectivity index (χ3v) is 8.16. The summed E-state index contributed by atoms with van der Waals surface area (Å²) in [5, 5.41) is 11.4. The summed E-state index contributed by atoms with van der Waals surface area (Å²) in [6, 6.07) is 4.84. The van der Waals surface area contributed by atoms with Crippen LogP contribution in [0.1, 0.15) is 46.5 Å². The van der Waals surface area contributed by atoms with Gasteiger partial charge >= 0.3 is 5.63 Å². The summed E-state index contributed by atoms with van der Waals surface area (Å²) in [5.74, 6) is 1.79. The van der Waals surface area contributed by atoms with Gasteiger partial charge in [0.15, 0.2) is 11.3 Å². The number of aliphatic hydroxyl groups is 1. The van der Waals surface area contributed by atoms with Crippen LogP contribution in [0, 0.1) is 22.7 Å². The van der Waals surface area contributed by atoms with E-state index in [4.69, 9.17) is 18.6 Å². The summed E-state index contributed by atoms with van der Waals surface area (Å²) in [4.78, 5) is 11.8. The molecule has 0 saturated heterocycles. The van der Waals surface area contributed by atoms with Crippen molar-refractivity contribution in [2.24, 2.45) is 22.7 Å². The molecular weight excluding hydrogens is 408 g/mol. The topological polar surface area (TPSA) is 78.1 Å². The van der Waals surface area contributed by atoms with Crippen LogP contribution in [0.5, 0.6) is 17.2 Å². The number of benzene rings is 1. The van der Waals surface area contributed by atoms with Gasteiger partial charge in [0.05, 0.1) is 26.9 Å². The van der Waals surface area contributed by atoms with Gasteiger partial charge in [-0.05, 0) is 54.6 Å². The van der Waals surface area contributed by atoms with Crippen LogP contribution >= 0.6 is 0 Å². The minimum absolute atomic E-state index is 0.0258. The minimum Gasteiger partial charge on any atom is -0.493 e. The molecule has 0 radical (unpaired) electrons. The highest BCUT2D eigenvalue weighted by Gasteiger charge is 2.56. The average Bonchev–Trinajstić information content (AvgIpc) is 2.75. The van der Waals surface area contributed by atoms with Gasteiger partial charge in [-0.1, -0.05) is 32.9 Å². The quantitative estimate of drug-likeness (QED) is 0.521. The smallest absolute Gasteiger partial charge is 0.336 e. The number of aliphatic hydroxyl groups excluding tert-OH is 1. The minimum atomic E-state index is -0.453. The Balaban J connectivity index is 1.71. The molecule has 2 saturated carbocycles. The van der Waals surface area contributed by atoms with E-state index in [1.807, 2.05) is 0 Å². The van der Waals surface area contributed by atoms with Crippen LogP contribution in [-0.4, -0.2) is 32.0 Å². The molecule has 1 heterocycles. The fourth-order valence-corrected chi connectivity index (χ4v) is 6.25. The molecule has 174 valence electrons. The molecule has 0 spiro atoms. The van der Waals surface area contributed by atoms with Crippen LogP contribution in [0.2, 0.25) is 0 Å². The standard InChI is InChI=1S/C26H34O6/c1-15-7-9-19-25(2,3)20(27)11-12-26(19,4)17(15)14-31-23-18(29-5)13-16-8-10-21(28)32-22(16)24(23)30-6/h8,10,13,17,19-20,27H,1,7,9,11-12,14H2,2-6H3/t17-,19+,20+,26-/m1/s1. The summed E-state index contributed by atoms with van der Waals surface area (Å²) < 4.78 is 23.0. The second kappa shape index (κ2) is 8.14. The number of rotatable bonds is 5. The maximum absolute atomic E-state index is 11.8. The molecule has 0 aliphatic heterocycles. The van der Waals surface area contributed by atoms with Gasteiger partial charge in [-0.3, -0.25) is 0 Å². The van der Waals surface area contributed by atoms with Gasteiger partial charge in [0.1, 0.15) is 0 Å². The highest BCUT2D eigenvalue weighted by Crippen LogP contribution is 2.61. The van der Waals surface area contributed by atoms with Gasteiger partial charge in [-0.15, -0.1) is 0 Å². The molecule has 0 amide bonds. The van der Waals surface area contributed by atoms with Crippen LogP contribution in [-0.2, 0) is 0 Å². The molecule has 2 aliphatic carbocycles. The average molecular weight is 443 g/mol. The van der Waals surface area contributed by atoms with E-state index in [-0.39, 0.29) is 22.9 Å². The maximum atomic E-state index is 11.8. The molecular formula is C26H34O6. The van der Waals surface area contributed by atoms with Gasteiger partial charge in [0, 0.05) is 17.4 Å². The fourth-order valence-electron chi connectivity index (χ4n) is 6.25. The molecule has 32 heavy (non-hydrogen) atoms. The van der Waals surface area contributed by atoms with Crippen molar-refractivity contribution < 1.29 is 23.7 Å².